The summed E-state index contributed by atoms with van der Waals surface area (Å²) in [6, 6.07) is 19.0. The molecule has 0 spiro atoms. The van der Waals surface area contributed by atoms with E-state index in [0.717, 1.165) is 11.1 Å². The van der Waals surface area contributed by atoms with Gasteiger partial charge in [-0.25, -0.2) is 9.59 Å². The summed E-state index contributed by atoms with van der Waals surface area (Å²) in [7, 11) is 0. The van der Waals surface area contributed by atoms with Crippen molar-refractivity contribution in [1.29, 1.82) is 0 Å². The Kier molecular flexibility index (Phi) is 7.53. The van der Waals surface area contributed by atoms with Crippen LogP contribution in [0.5, 0.6) is 0 Å². The molecule has 1 aromatic heterocycles. The summed E-state index contributed by atoms with van der Waals surface area (Å²) in [6.45, 7) is 0.558. The number of H-pyrrole nitrogens is 1. The second kappa shape index (κ2) is 10.7. The van der Waals surface area contributed by atoms with E-state index in [1.165, 1.54) is 10.8 Å². The number of nitrogens with zero attached hydrogens (tertiary/aromatic N) is 1. The number of nitrogens with one attached hydrogen (secondary N) is 1. The van der Waals surface area contributed by atoms with Gasteiger partial charge in [0.05, 0.1) is 16.8 Å². The molecule has 1 aliphatic heterocycles. The molecule has 33 heavy (non-hydrogen) atoms. The van der Waals surface area contributed by atoms with E-state index in [2.05, 4.69) is 4.98 Å². The van der Waals surface area contributed by atoms with Crippen molar-refractivity contribution in [3.63, 3.8) is 0 Å². The van der Waals surface area contributed by atoms with Crippen LogP contribution in [0.4, 0.5) is 0 Å². The number of halogens is 1. The second-order valence-corrected chi connectivity index (χ2v) is 8.51. The first-order chi connectivity index (χ1) is 16.0. The van der Waals surface area contributed by atoms with E-state index in [0.29, 0.717) is 3.57 Å². The standard InChI is InChI=1S/C24H21IN2O6/c25-18-13-27(24(30)26-22(18)28)12-11-19-20(31-14-16-7-3-1-4-8-16)21(23(29)33-19)32-15-17-9-5-2-6-10-17/h1-11,13,20-21H,12,14-15H2,(H,26,28,30)/b19-11+. The topological polar surface area (TPSA) is 99.6 Å². The van der Waals surface area contributed by atoms with Crippen LogP contribution in [0.15, 0.2) is 88.3 Å². The number of carbonyl (C=O) groups is 1. The molecule has 0 saturated carbocycles. The van der Waals surface area contributed by atoms with Crippen molar-refractivity contribution in [3.8, 4) is 0 Å². The summed E-state index contributed by atoms with van der Waals surface area (Å²) in [6.07, 6.45) is 1.31. The van der Waals surface area contributed by atoms with E-state index in [9.17, 15) is 14.4 Å². The van der Waals surface area contributed by atoms with Gasteiger partial charge in [-0.3, -0.25) is 14.3 Å². The fraction of sp³-hybridized carbons (Fsp3) is 0.208. The molecule has 0 bridgehead atoms. The van der Waals surface area contributed by atoms with Crippen molar-refractivity contribution in [2.24, 2.45) is 0 Å². The van der Waals surface area contributed by atoms with Crippen LogP contribution in [-0.4, -0.2) is 27.7 Å². The monoisotopic (exact) mass is 560 g/mol. The Morgan fingerprint density at radius 3 is 2.09 bits per heavy atom. The Hall–Kier alpha value is -3.02. The molecule has 1 fully saturated rings. The van der Waals surface area contributed by atoms with E-state index in [1.807, 2.05) is 83.3 Å². The lowest BCUT2D eigenvalue weighted by Crippen LogP contribution is -2.32. The number of aromatic nitrogens is 2. The maximum atomic E-state index is 12.6. The second-order valence-electron chi connectivity index (χ2n) is 7.35. The number of benzene rings is 2. The largest absolute Gasteiger partial charge is 0.426 e. The van der Waals surface area contributed by atoms with Crippen LogP contribution in [0.25, 0.3) is 0 Å². The van der Waals surface area contributed by atoms with Crippen LogP contribution in [-0.2, 0) is 38.8 Å². The van der Waals surface area contributed by atoms with Crippen molar-refractivity contribution in [2.75, 3.05) is 0 Å². The molecular weight excluding hydrogens is 539 g/mol. The van der Waals surface area contributed by atoms with Crippen LogP contribution in [0.1, 0.15) is 11.1 Å². The average Bonchev–Trinajstić information content (AvgIpc) is 3.13. The highest BCUT2D eigenvalue weighted by molar-refractivity contribution is 14.1. The van der Waals surface area contributed by atoms with Gasteiger partial charge in [-0.15, -0.1) is 0 Å². The van der Waals surface area contributed by atoms with Crippen LogP contribution in [0.2, 0.25) is 0 Å². The van der Waals surface area contributed by atoms with Gasteiger partial charge in [-0.1, -0.05) is 60.7 Å². The zero-order valence-corrected chi connectivity index (χ0v) is 19.6. The highest BCUT2D eigenvalue weighted by Crippen LogP contribution is 2.27. The molecule has 170 valence electrons. The molecule has 0 aliphatic carbocycles. The zero-order chi connectivity index (χ0) is 23.2. The summed E-state index contributed by atoms with van der Waals surface area (Å²) >= 11 is 1.85. The molecule has 1 saturated heterocycles. The third-order valence-corrected chi connectivity index (χ3v) is 5.78. The predicted octanol–water partition coefficient (Wildman–Crippen LogP) is 2.75. The summed E-state index contributed by atoms with van der Waals surface area (Å²) in [4.78, 5) is 38.6. The van der Waals surface area contributed by atoms with Crippen LogP contribution in [0.3, 0.4) is 0 Å². The third-order valence-electron chi connectivity index (χ3n) is 5.01. The predicted molar refractivity (Wildman–Crippen MR) is 128 cm³/mol. The van der Waals surface area contributed by atoms with Crippen LogP contribution in [0, 0.1) is 3.57 Å². The van der Waals surface area contributed by atoms with Crippen LogP contribution < -0.4 is 11.2 Å². The number of aromatic amines is 1. The number of cyclic esters (lactones) is 1. The number of hydrogen-bond acceptors (Lipinski definition) is 6. The Balaban J connectivity index is 1.55. The summed E-state index contributed by atoms with van der Waals surface area (Å²) < 4.78 is 19.1. The van der Waals surface area contributed by atoms with Gasteiger partial charge in [-0.2, -0.15) is 0 Å². The quantitative estimate of drug-likeness (QED) is 0.336. The first-order valence-corrected chi connectivity index (χ1v) is 11.3. The van der Waals surface area contributed by atoms with Crippen molar-refractivity contribution in [3.05, 3.63) is 114 Å². The normalized spacial score (nSPS) is 19.1. The first-order valence-electron chi connectivity index (χ1n) is 10.2. The summed E-state index contributed by atoms with van der Waals surface area (Å²) in [5, 5.41) is 0. The Morgan fingerprint density at radius 1 is 0.909 bits per heavy atom. The summed E-state index contributed by atoms with van der Waals surface area (Å²) in [5.41, 5.74) is 0.846. The zero-order valence-electron chi connectivity index (χ0n) is 17.5. The molecule has 2 unspecified atom stereocenters. The molecule has 2 atom stereocenters. The number of ether oxygens (including phenoxy) is 3. The van der Waals surface area contributed by atoms with Gasteiger partial charge in [-0.05, 0) is 39.8 Å². The smallest absolute Gasteiger partial charge is 0.343 e. The lowest BCUT2D eigenvalue weighted by Gasteiger charge is -2.18. The van der Waals surface area contributed by atoms with Crippen LogP contribution >= 0.6 is 22.6 Å². The molecule has 3 aromatic rings. The van der Waals surface area contributed by atoms with E-state index < -0.39 is 29.4 Å². The molecule has 1 aliphatic rings. The molecule has 8 nitrogen and oxygen atoms in total. The molecule has 1 N–H and O–H groups in total. The van der Waals surface area contributed by atoms with Gasteiger partial charge in [0.15, 0.2) is 12.2 Å². The van der Waals surface area contributed by atoms with E-state index in [4.69, 9.17) is 14.2 Å². The fourth-order valence-electron chi connectivity index (χ4n) is 3.32. The van der Waals surface area contributed by atoms with Gasteiger partial charge < -0.3 is 14.2 Å². The van der Waals surface area contributed by atoms with Gasteiger partial charge in [0.25, 0.3) is 5.56 Å². The molecule has 2 aromatic carbocycles. The maximum absolute atomic E-state index is 12.6. The number of carbonyl (C=O) groups excluding carboxylic acids is 1. The van der Waals surface area contributed by atoms with Crippen molar-refractivity contribution in [2.45, 2.75) is 32.0 Å². The highest BCUT2D eigenvalue weighted by Gasteiger charge is 2.43. The minimum absolute atomic E-state index is 0.0881. The van der Waals surface area contributed by atoms with E-state index in [-0.39, 0.29) is 25.5 Å². The number of allylic oxidation sites excluding steroid dienone is 1. The first kappa shape index (κ1) is 23.1. The third kappa shape index (κ3) is 5.86. The van der Waals surface area contributed by atoms with E-state index >= 15 is 0 Å². The maximum Gasteiger partial charge on any atom is 0.343 e. The van der Waals surface area contributed by atoms with E-state index in [1.54, 1.807) is 6.08 Å². The van der Waals surface area contributed by atoms with Crippen molar-refractivity contribution in [1.82, 2.24) is 9.55 Å². The molecule has 0 amide bonds. The molecule has 9 heteroatoms. The lowest BCUT2D eigenvalue weighted by atomic mass is 10.1. The molecule has 2 heterocycles. The molecule has 0 radical (unpaired) electrons. The minimum atomic E-state index is -0.951. The SMILES string of the molecule is O=C1O/C(=C/Cn2cc(I)c(=O)[nH]c2=O)C(OCc2ccccc2)C1OCc1ccccc1. The number of rotatable bonds is 8. The number of esters is 1. The van der Waals surface area contributed by atoms with Gasteiger partial charge in [0.1, 0.15) is 5.76 Å². The molecule has 4 rings (SSSR count). The van der Waals surface area contributed by atoms with Gasteiger partial charge in [0, 0.05) is 12.7 Å². The fourth-order valence-corrected chi connectivity index (χ4v) is 3.79. The Morgan fingerprint density at radius 2 is 1.48 bits per heavy atom. The Labute approximate surface area is 203 Å². The summed E-state index contributed by atoms with van der Waals surface area (Å²) in [5.74, 6) is -0.291. The minimum Gasteiger partial charge on any atom is -0.426 e. The van der Waals surface area contributed by atoms with Crippen molar-refractivity contribution >= 4 is 28.6 Å². The molecular formula is C24H21IN2O6. The van der Waals surface area contributed by atoms with Gasteiger partial charge >= 0.3 is 11.7 Å². The average molecular weight is 560 g/mol. The van der Waals surface area contributed by atoms with Crippen molar-refractivity contribution < 1.29 is 19.0 Å². The lowest BCUT2D eigenvalue weighted by molar-refractivity contribution is -0.149. The highest BCUT2D eigenvalue weighted by atomic mass is 127. The number of hydrogen-bond donors (Lipinski definition) is 1. The Bertz CT molecular complexity index is 1250. The van der Waals surface area contributed by atoms with Gasteiger partial charge in [0.2, 0.25) is 0 Å².